The number of methoxy groups -OCH3 is 2. The molecule has 0 amide bonds. The number of ether oxygens (including phenoxy) is 6. The lowest BCUT2D eigenvalue weighted by Crippen LogP contribution is -2.61. The number of carbonyl (C=O) groups excluding carboxylic acids is 1. The van der Waals surface area contributed by atoms with Crippen molar-refractivity contribution in [1.82, 2.24) is 0 Å². The first-order chi connectivity index (χ1) is 14.2. The smallest absolute Gasteiger partial charge is 0.220 e. The highest BCUT2D eigenvalue weighted by Gasteiger charge is 2.50. The lowest BCUT2D eigenvalue weighted by atomic mass is 9.98. The van der Waals surface area contributed by atoms with Crippen molar-refractivity contribution in [2.45, 2.75) is 37.5 Å². The molecule has 0 radical (unpaired) electrons. The van der Waals surface area contributed by atoms with E-state index in [-0.39, 0.29) is 19.0 Å². The van der Waals surface area contributed by atoms with Crippen molar-refractivity contribution in [2.75, 3.05) is 20.8 Å². The minimum atomic E-state index is -1.00. The van der Waals surface area contributed by atoms with Crippen LogP contribution in [0.1, 0.15) is 17.4 Å². The second-order valence-corrected chi connectivity index (χ2v) is 6.90. The van der Waals surface area contributed by atoms with Crippen molar-refractivity contribution in [1.29, 1.82) is 0 Å². The van der Waals surface area contributed by atoms with Crippen LogP contribution in [0.15, 0.2) is 54.6 Å². The first kappa shape index (κ1) is 20.0. The van der Waals surface area contributed by atoms with Gasteiger partial charge in [0.05, 0.1) is 20.3 Å². The van der Waals surface area contributed by atoms with Crippen LogP contribution in [-0.2, 0) is 35.1 Å². The lowest BCUT2D eigenvalue weighted by molar-refractivity contribution is -0.321. The summed E-state index contributed by atoms with van der Waals surface area (Å²) < 4.78 is 34.0. The number of Topliss-reactive ketones (excluding diaryl/α,β-unsaturated/α-hetero) is 1. The summed E-state index contributed by atoms with van der Waals surface area (Å²) in [5.74, 6) is 0.463. The Bertz CT molecular complexity index is 808. The molecule has 2 aromatic rings. The van der Waals surface area contributed by atoms with Gasteiger partial charge in [-0.3, -0.25) is 4.79 Å². The van der Waals surface area contributed by atoms with E-state index in [1.807, 2.05) is 54.6 Å². The molecule has 2 aliphatic rings. The van der Waals surface area contributed by atoms with Crippen molar-refractivity contribution >= 4 is 5.78 Å². The molecule has 2 heterocycles. The minimum Gasteiger partial charge on any atom is -0.497 e. The van der Waals surface area contributed by atoms with Crippen LogP contribution in [0.2, 0.25) is 0 Å². The maximum Gasteiger partial charge on any atom is 0.220 e. The SMILES string of the molecule is COc1ccc(CO[C@@H]2C(=O)[C@@H](OC)O[C@@H]3CO[C@@H](c4ccccc4)O[C@@H]23)cc1. The third kappa shape index (κ3) is 4.34. The predicted molar refractivity (Wildman–Crippen MR) is 102 cm³/mol. The van der Waals surface area contributed by atoms with Crippen LogP contribution in [0.3, 0.4) is 0 Å². The Morgan fingerprint density at radius 3 is 2.45 bits per heavy atom. The summed E-state index contributed by atoms with van der Waals surface area (Å²) in [7, 11) is 3.05. The van der Waals surface area contributed by atoms with Gasteiger partial charge in [0.1, 0.15) is 18.0 Å². The van der Waals surface area contributed by atoms with E-state index in [9.17, 15) is 4.79 Å². The molecule has 0 unspecified atom stereocenters. The zero-order valence-corrected chi connectivity index (χ0v) is 16.4. The first-order valence-corrected chi connectivity index (χ1v) is 9.48. The molecule has 2 aliphatic heterocycles. The van der Waals surface area contributed by atoms with Crippen LogP contribution in [0.4, 0.5) is 0 Å². The Kier molecular flexibility index (Phi) is 6.22. The summed E-state index contributed by atoms with van der Waals surface area (Å²) in [6.45, 7) is 0.528. The van der Waals surface area contributed by atoms with Gasteiger partial charge >= 0.3 is 0 Å². The van der Waals surface area contributed by atoms with Gasteiger partial charge in [-0.05, 0) is 17.7 Å². The summed E-state index contributed by atoms with van der Waals surface area (Å²) in [6, 6.07) is 17.1. The molecule has 7 nitrogen and oxygen atoms in total. The molecule has 2 aromatic carbocycles. The van der Waals surface area contributed by atoms with E-state index in [1.54, 1.807) is 7.11 Å². The van der Waals surface area contributed by atoms with Crippen LogP contribution >= 0.6 is 0 Å². The van der Waals surface area contributed by atoms with E-state index in [4.69, 9.17) is 28.4 Å². The second-order valence-electron chi connectivity index (χ2n) is 6.90. The molecule has 29 heavy (non-hydrogen) atoms. The quantitative estimate of drug-likeness (QED) is 0.738. The molecule has 7 heteroatoms. The zero-order valence-electron chi connectivity index (χ0n) is 16.4. The molecular weight excluding hydrogens is 376 g/mol. The molecule has 154 valence electrons. The Morgan fingerprint density at radius 1 is 1.00 bits per heavy atom. The number of hydrogen-bond acceptors (Lipinski definition) is 7. The highest BCUT2D eigenvalue weighted by molar-refractivity contribution is 5.87. The van der Waals surface area contributed by atoms with Crippen molar-refractivity contribution < 1.29 is 33.2 Å². The van der Waals surface area contributed by atoms with Crippen LogP contribution < -0.4 is 4.74 Å². The Morgan fingerprint density at radius 2 is 1.76 bits per heavy atom. The molecule has 0 aliphatic carbocycles. The standard InChI is InChI=1S/C22H24O7/c1-24-16-10-8-14(9-11-16)12-26-20-18(23)22(25-2)28-17-13-27-21(29-19(17)20)15-6-4-3-5-7-15/h3-11,17,19-22H,12-13H2,1-2H3/t17-,19-,20-,21-,22+/m1/s1. The topological polar surface area (TPSA) is 72.5 Å². The fourth-order valence-electron chi connectivity index (χ4n) is 3.49. The normalized spacial score (nSPS) is 29.3. The number of rotatable bonds is 6. The summed E-state index contributed by atoms with van der Waals surface area (Å²) in [6.07, 6.45) is -3.46. The van der Waals surface area contributed by atoms with E-state index in [2.05, 4.69) is 0 Å². The number of carbonyl (C=O) groups is 1. The van der Waals surface area contributed by atoms with Crippen molar-refractivity contribution in [3.8, 4) is 5.75 Å². The average Bonchev–Trinajstić information content (AvgIpc) is 2.78. The molecule has 0 spiro atoms. The Balaban J connectivity index is 1.50. The molecule has 0 bridgehead atoms. The summed E-state index contributed by atoms with van der Waals surface area (Å²) >= 11 is 0. The van der Waals surface area contributed by atoms with Gasteiger partial charge in [0.25, 0.3) is 0 Å². The van der Waals surface area contributed by atoms with Crippen LogP contribution in [0.25, 0.3) is 0 Å². The first-order valence-electron chi connectivity index (χ1n) is 9.48. The van der Waals surface area contributed by atoms with Gasteiger partial charge in [-0.1, -0.05) is 42.5 Å². The second kappa shape index (κ2) is 9.02. The van der Waals surface area contributed by atoms with Gasteiger partial charge in [0, 0.05) is 12.7 Å². The summed E-state index contributed by atoms with van der Waals surface area (Å²) in [5.41, 5.74) is 1.79. The summed E-state index contributed by atoms with van der Waals surface area (Å²) in [4.78, 5) is 12.9. The molecule has 0 aromatic heterocycles. The lowest BCUT2D eigenvalue weighted by Gasteiger charge is -2.44. The van der Waals surface area contributed by atoms with Gasteiger partial charge in [-0.15, -0.1) is 0 Å². The maximum absolute atomic E-state index is 12.9. The van der Waals surface area contributed by atoms with Gasteiger partial charge in [0.15, 0.2) is 12.4 Å². The number of ketones is 1. The van der Waals surface area contributed by atoms with E-state index in [1.165, 1.54) is 7.11 Å². The fraction of sp³-hybridized carbons (Fsp3) is 0.409. The van der Waals surface area contributed by atoms with E-state index in [0.717, 1.165) is 16.9 Å². The van der Waals surface area contributed by atoms with E-state index < -0.39 is 30.9 Å². The average molecular weight is 400 g/mol. The minimum absolute atomic E-state index is 0.250. The highest BCUT2D eigenvalue weighted by Crippen LogP contribution is 2.34. The molecule has 5 atom stereocenters. The number of benzene rings is 2. The van der Waals surface area contributed by atoms with Crippen LogP contribution in [-0.4, -0.2) is 51.2 Å². The fourth-order valence-corrected chi connectivity index (χ4v) is 3.49. The largest absolute Gasteiger partial charge is 0.497 e. The maximum atomic E-state index is 12.9. The number of hydrogen-bond donors (Lipinski definition) is 0. The summed E-state index contributed by atoms with van der Waals surface area (Å²) in [5, 5.41) is 0. The zero-order chi connectivity index (χ0) is 20.2. The molecule has 2 saturated heterocycles. The number of fused-ring (bicyclic) bond motifs is 1. The van der Waals surface area contributed by atoms with Gasteiger partial charge in [-0.2, -0.15) is 0 Å². The Labute approximate surface area is 169 Å². The Hall–Kier alpha value is -2.29. The van der Waals surface area contributed by atoms with Gasteiger partial charge in [0.2, 0.25) is 12.1 Å². The molecule has 4 rings (SSSR count). The third-order valence-corrected chi connectivity index (χ3v) is 5.04. The van der Waals surface area contributed by atoms with Crippen molar-refractivity contribution in [3.05, 3.63) is 65.7 Å². The van der Waals surface area contributed by atoms with Crippen LogP contribution in [0, 0.1) is 0 Å². The molecule has 0 N–H and O–H groups in total. The van der Waals surface area contributed by atoms with Crippen molar-refractivity contribution in [2.24, 2.45) is 0 Å². The van der Waals surface area contributed by atoms with E-state index >= 15 is 0 Å². The van der Waals surface area contributed by atoms with Crippen molar-refractivity contribution in [3.63, 3.8) is 0 Å². The molecular formula is C22H24O7. The highest BCUT2D eigenvalue weighted by atomic mass is 16.7. The van der Waals surface area contributed by atoms with Gasteiger partial charge in [-0.25, -0.2) is 0 Å². The third-order valence-electron chi connectivity index (χ3n) is 5.04. The van der Waals surface area contributed by atoms with Crippen LogP contribution in [0.5, 0.6) is 5.75 Å². The molecule has 2 fully saturated rings. The molecule has 0 saturated carbocycles. The van der Waals surface area contributed by atoms with Gasteiger partial charge < -0.3 is 28.4 Å². The monoisotopic (exact) mass is 400 g/mol. The predicted octanol–water partition coefficient (Wildman–Crippen LogP) is 2.64. The van der Waals surface area contributed by atoms with E-state index in [0.29, 0.717) is 0 Å².